The third kappa shape index (κ3) is 8.44. The van der Waals surface area contributed by atoms with Crippen LogP contribution in [0.4, 0.5) is 4.79 Å². The lowest BCUT2D eigenvalue weighted by Gasteiger charge is -2.39. The van der Waals surface area contributed by atoms with Crippen molar-refractivity contribution in [3.05, 3.63) is 55.5 Å². The second kappa shape index (κ2) is 14.1. The summed E-state index contributed by atoms with van der Waals surface area (Å²) < 4.78 is 18.1. The predicted octanol–water partition coefficient (Wildman–Crippen LogP) is 9.10. The number of carbonyl (C=O) groups excluding carboxylic acids is 2. The van der Waals surface area contributed by atoms with Crippen molar-refractivity contribution in [2.75, 3.05) is 13.2 Å². The highest BCUT2D eigenvalue weighted by molar-refractivity contribution is 7.12. The van der Waals surface area contributed by atoms with Crippen molar-refractivity contribution in [3.8, 4) is 0 Å². The first-order valence-corrected chi connectivity index (χ1v) is 21.1. The van der Waals surface area contributed by atoms with E-state index in [9.17, 15) is 9.59 Å². The van der Waals surface area contributed by atoms with Gasteiger partial charge in [0.1, 0.15) is 10.6 Å². The Balaban J connectivity index is 1.41. The molecule has 3 aliphatic rings. The summed E-state index contributed by atoms with van der Waals surface area (Å²) in [5, 5.41) is 1.92. The maximum atomic E-state index is 14.8. The summed E-state index contributed by atoms with van der Waals surface area (Å²) in [6.45, 7) is 18.5. The monoisotopic (exact) mass is 721 g/mol. The summed E-state index contributed by atoms with van der Waals surface area (Å²) in [6.07, 6.45) is 5.41. The number of ether oxygens (including phenoxy) is 2. The molecule has 12 heteroatoms. The van der Waals surface area contributed by atoms with Crippen molar-refractivity contribution < 1.29 is 23.5 Å². The molecular formula is C35H49Cl2N3O5SSi. The van der Waals surface area contributed by atoms with E-state index >= 15 is 0 Å². The molecule has 1 saturated heterocycles. The molecule has 3 heterocycles. The molecule has 0 spiro atoms. The molecule has 8 nitrogen and oxygen atoms in total. The van der Waals surface area contributed by atoms with Gasteiger partial charge in [-0.05, 0) is 88.2 Å². The van der Waals surface area contributed by atoms with Gasteiger partial charge in [-0.2, -0.15) is 0 Å². The van der Waals surface area contributed by atoms with Crippen molar-refractivity contribution >= 4 is 60.4 Å². The Bertz CT molecular complexity index is 1510. The molecule has 1 aliphatic carbocycles. The second-order valence-corrected chi connectivity index (χ2v) is 22.1. The predicted molar refractivity (Wildman–Crippen MR) is 191 cm³/mol. The van der Waals surface area contributed by atoms with E-state index in [1.165, 1.54) is 0 Å². The zero-order valence-electron chi connectivity index (χ0n) is 29.0. The lowest BCUT2D eigenvalue weighted by molar-refractivity contribution is -0.129. The largest absolute Gasteiger partial charge is 0.444 e. The van der Waals surface area contributed by atoms with Gasteiger partial charge in [-0.3, -0.25) is 9.69 Å². The number of hydrogen-bond donors (Lipinski definition) is 0. The number of benzene rings is 1. The molecule has 2 unspecified atom stereocenters. The number of fused-ring (bicyclic) bond motifs is 2. The van der Waals surface area contributed by atoms with Gasteiger partial charge in [-0.1, -0.05) is 56.1 Å². The van der Waals surface area contributed by atoms with E-state index in [1.807, 2.05) is 48.9 Å². The minimum atomic E-state index is -1.84. The van der Waals surface area contributed by atoms with E-state index in [2.05, 4.69) is 33.9 Å². The molecule has 0 N–H and O–H groups in total. The van der Waals surface area contributed by atoms with Crippen LogP contribution in [0.15, 0.2) is 30.0 Å². The number of nitrogens with zero attached hydrogens (tertiary/aromatic N) is 3. The summed E-state index contributed by atoms with van der Waals surface area (Å²) >= 11 is 14.5. The van der Waals surface area contributed by atoms with E-state index < -0.39 is 13.9 Å². The third-order valence-electron chi connectivity index (χ3n) is 9.63. The van der Waals surface area contributed by atoms with Crippen molar-refractivity contribution in [3.63, 3.8) is 0 Å². The summed E-state index contributed by atoms with van der Waals surface area (Å²) in [6, 6.07) is 5.21. The van der Waals surface area contributed by atoms with Crippen molar-refractivity contribution in [1.82, 2.24) is 14.8 Å². The number of carbonyl (C=O) groups is 2. The van der Waals surface area contributed by atoms with Gasteiger partial charge in [-0.15, -0.1) is 11.3 Å². The highest BCUT2D eigenvalue weighted by Gasteiger charge is 2.50. The molecule has 1 aromatic heterocycles. The highest BCUT2D eigenvalue weighted by atomic mass is 35.5. The van der Waals surface area contributed by atoms with Gasteiger partial charge in [0.2, 0.25) is 0 Å². The van der Waals surface area contributed by atoms with E-state index in [1.54, 1.807) is 17.4 Å². The Hall–Kier alpha value is -1.95. The Labute approximate surface area is 294 Å². The van der Waals surface area contributed by atoms with Crippen LogP contribution in [-0.4, -0.2) is 72.0 Å². The van der Waals surface area contributed by atoms with Crippen molar-refractivity contribution in [2.24, 2.45) is 0 Å². The van der Waals surface area contributed by atoms with Gasteiger partial charge < -0.3 is 18.8 Å². The first-order valence-electron chi connectivity index (χ1n) is 16.6. The van der Waals surface area contributed by atoms with Crippen LogP contribution in [-0.2, 0) is 31.8 Å². The van der Waals surface area contributed by atoms with Crippen LogP contribution >= 0.6 is 34.5 Å². The number of thiazole rings is 1. The first kappa shape index (κ1) is 36.3. The van der Waals surface area contributed by atoms with E-state index in [-0.39, 0.29) is 35.2 Å². The van der Waals surface area contributed by atoms with Crippen molar-refractivity contribution in [2.45, 2.75) is 129 Å². The van der Waals surface area contributed by atoms with Crippen LogP contribution in [0.2, 0.25) is 28.2 Å². The van der Waals surface area contributed by atoms with Gasteiger partial charge in [0.05, 0.1) is 40.8 Å². The van der Waals surface area contributed by atoms with Gasteiger partial charge in [0.15, 0.2) is 8.32 Å². The number of aromatic nitrogens is 1. The van der Waals surface area contributed by atoms with E-state index in [0.717, 1.165) is 40.3 Å². The molecule has 2 aliphatic heterocycles. The molecule has 258 valence electrons. The van der Waals surface area contributed by atoms with Crippen LogP contribution in [0.5, 0.6) is 0 Å². The Morgan fingerprint density at radius 1 is 1.06 bits per heavy atom. The van der Waals surface area contributed by atoms with Crippen LogP contribution in [0, 0.1) is 0 Å². The van der Waals surface area contributed by atoms with E-state index in [0.29, 0.717) is 54.8 Å². The second-order valence-electron chi connectivity index (χ2n) is 15.4. The molecule has 1 saturated carbocycles. The lowest BCUT2D eigenvalue weighted by Crippen LogP contribution is -2.50. The van der Waals surface area contributed by atoms with Crippen molar-refractivity contribution in [1.29, 1.82) is 0 Å². The average Bonchev–Trinajstić information content (AvgIpc) is 3.61. The number of amides is 2. The molecular weight excluding hydrogens is 673 g/mol. The summed E-state index contributed by atoms with van der Waals surface area (Å²) in [5.41, 5.74) is 1.79. The highest BCUT2D eigenvalue weighted by Crippen LogP contribution is 2.47. The Morgan fingerprint density at radius 2 is 1.79 bits per heavy atom. The molecule has 2 aromatic rings. The van der Waals surface area contributed by atoms with Crippen LogP contribution in [0.25, 0.3) is 5.57 Å². The van der Waals surface area contributed by atoms with Gasteiger partial charge >= 0.3 is 6.09 Å². The molecule has 47 heavy (non-hydrogen) atoms. The number of rotatable bonds is 11. The zero-order valence-corrected chi connectivity index (χ0v) is 32.3. The minimum Gasteiger partial charge on any atom is -0.444 e. The maximum absolute atomic E-state index is 14.8. The average molecular weight is 723 g/mol. The quantitative estimate of drug-likeness (QED) is 0.170. The Morgan fingerprint density at radius 3 is 2.45 bits per heavy atom. The van der Waals surface area contributed by atoms with Gasteiger partial charge in [0, 0.05) is 30.4 Å². The summed E-state index contributed by atoms with van der Waals surface area (Å²) in [4.78, 5) is 37.7. The molecule has 1 aromatic carbocycles. The topological polar surface area (TPSA) is 81.2 Å². The fourth-order valence-electron chi connectivity index (χ4n) is 6.02. The Kier molecular flexibility index (Phi) is 10.9. The van der Waals surface area contributed by atoms with Crippen LogP contribution in [0.1, 0.15) is 89.1 Å². The zero-order chi connectivity index (χ0) is 34.3. The molecule has 2 fully saturated rings. The fourth-order valence-corrected chi connectivity index (χ4v) is 8.35. The molecule has 2 bridgehead atoms. The molecule has 2 atom stereocenters. The summed E-state index contributed by atoms with van der Waals surface area (Å²) in [7, 11) is -1.84. The number of hydrogen-bond acceptors (Lipinski definition) is 7. The number of halogens is 2. The summed E-state index contributed by atoms with van der Waals surface area (Å²) in [5.74, 6) is -0.0635. The SMILES string of the molecule is CC(C)(C)OC(=O)N1C2CCC1C(C(=O)N(Cc1cccc(Cl)c1Cl)C1CC1)=C(c1cnc(COCCO[Si](C)(C)C(C)(C)C)s1)C2. The van der Waals surface area contributed by atoms with Gasteiger partial charge in [0.25, 0.3) is 5.91 Å². The van der Waals surface area contributed by atoms with E-state index in [4.69, 9.17) is 42.1 Å². The maximum Gasteiger partial charge on any atom is 0.411 e. The van der Waals surface area contributed by atoms with Crippen LogP contribution in [0.3, 0.4) is 0 Å². The molecule has 2 amide bonds. The third-order valence-corrected chi connectivity index (χ3v) is 16.1. The first-order chi connectivity index (χ1) is 22.0. The van der Waals surface area contributed by atoms with Gasteiger partial charge in [-0.25, -0.2) is 9.78 Å². The molecule has 5 rings (SSSR count). The lowest BCUT2D eigenvalue weighted by atomic mass is 9.91. The fraction of sp³-hybridized carbons (Fsp3) is 0.629. The normalized spacial score (nSPS) is 20.2. The minimum absolute atomic E-state index is 0.0487. The smallest absolute Gasteiger partial charge is 0.411 e. The molecule has 0 radical (unpaired) electrons. The van der Waals surface area contributed by atoms with Crippen LogP contribution < -0.4 is 0 Å². The standard InChI is InChI=1S/C35H49Cl2N3O5SSi/c1-34(2,3)45-33(42)40-24-14-15-27(40)30(32(41)39(23-12-13-23)20-22-10-9-11-26(36)31(22)37)25(18-24)28-19-38-29(46-28)21-43-16-17-44-47(7,8)35(4,5)6/h9-11,19,23-24,27H,12-18,20-21H2,1-8H3.